The number of ether oxygens (including phenoxy) is 1. The van der Waals surface area contributed by atoms with Crippen molar-refractivity contribution in [2.45, 2.75) is 26.1 Å². The summed E-state index contributed by atoms with van der Waals surface area (Å²) in [7, 11) is 0. The summed E-state index contributed by atoms with van der Waals surface area (Å²) in [5, 5.41) is 9.94. The number of carboxylic acids is 1. The van der Waals surface area contributed by atoms with Gasteiger partial charge in [-0.2, -0.15) is 0 Å². The maximum absolute atomic E-state index is 11.2. The van der Waals surface area contributed by atoms with Gasteiger partial charge in [-0.3, -0.25) is 4.90 Å². The lowest BCUT2D eigenvalue weighted by Gasteiger charge is -2.33. The van der Waals surface area contributed by atoms with Gasteiger partial charge in [0.05, 0.1) is 35.9 Å². The van der Waals surface area contributed by atoms with Crippen molar-refractivity contribution in [1.82, 2.24) is 14.5 Å². The van der Waals surface area contributed by atoms with Gasteiger partial charge in [-0.05, 0) is 42.8 Å². The van der Waals surface area contributed by atoms with Crippen molar-refractivity contribution >= 4 is 28.6 Å². The molecule has 1 N–H and O–H groups in total. The molecule has 0 radical (unpaired) electrons. The fourth-order valence-corrected chi connectivity index (χ4v) is 3.84. The van der Waals surface area contributed by atoms with Crippen LogP contribution in [-0.4, -0.2) is 45.2 Å². The number of aromatic carboxylic acids is 1. The number of nitrogens with zero attached hydrogens (tertiary/aromatic N) is 3. The molecular weight excluding hydrogens is 378 g/mol. The van der Waals surface area contributed by atoms with E-state index < -0.39 is 5.97 Å². The van der Waals surface area contributed by atoms with Crippen LogP contribution in [0.4, 0.5) is 0 Å². The number of halogens is 1. The Morgan fingerprint density at radius 3 is 2.79 bits per heavy atom. The highest BCUT2D eigenvalue weighted by molar-refractivity contribution is 6.30. The van der Waals surface area contributed by atoms with Gasteiger partial charge < -0.3 is 14.4 Å². The number of carboxylic acid groups (broad SMARTS) is 1. The van der Waals surface area contributed by atoms with Crippen molar-refractivity contribution < 1.29 is 14.6 Å². The summed E-state index contributed by atoms with van der Waals surface area (Å²) in [6, 6.07) is 12.9. The van der Waals surface area contributed by atoms with Crippen LogP contribution in [-0.2, 0) is 17.8 Å². The molecule has 1 aromatic heterocycles. The Kier molecular flexibility index (Phi) is 5.35. The first-order valence-corrected chi connectivity index (χ1v) is 9.75. The van der Waals surface area contributed by atoms with Crippen LogP contribution in [0.2, 0.25) is 5.02 Å². The maximum atomic E-state index is 11.2. The molecule has 0 amide bonds. The Balaban J connectivity index is 1.56. The van der Waals surface area contributed by atoms with Gasteiger partial charge in [0.2, 0.25) is 0 Å². The molecule has 0 saturated carbocycles. The van der Waals surface area contributed by atoms with Crippen molar-refractivity contribution in [2.75, 3.05) is 19.7 Å². The van der Waals surface area contributed by atoms with E-state index in [2.05, 4.69) is 16.4 Å². The number of carbonyl (C=O) groups is 1. The van der Waals surface area contributed by atoms with E-state index in [0.29, 0.717) is 18.2 Å². The zero-order valence-corrected chi connectivity index (χ0v) is 16.4. The molecule has 146 valence electrons. The topological polar surface area (TPSA) is 67.6 Å². The standard InChI is InChI=1S/C21H22ClN3O3/c1-2-25-18-8-5-15(21(26)27)11-17(18)23-20(25)13-24-9-10-28-19(12-24)14-3-6-16(22)7-4-14/h3-8,11,19H,2,9-10,12-13H2,1H3,(H,26,27)/t19-/m0/s1. The Morgan fingerprint density at radius 1 is 1.29 bits per heavy atom. The van der Waals surface area contributed by atoms with Crippen LogP contribution in [0.5, 0.6) is 0 Å². The lowest BCUT2D eigenvalue weighted by atomic mass is 10.1. The van der Waals surface area contributed by atoms with Crippen molar-refractivity contribution in [3.05, 3.63) is 64.4 Å². The molecule has 0 spiro atoms. The second-order valence-corrected chi connectivity index (χ2v) is 7.36. The minimum atomic E-state index is -0.937. The third kappa shape index (κ3) is 3.76. The Labute approximate surface area is 168 Å². The largest absolute Gasteiger partial charge is 0.478 e. The predicted molar refractivity (Wildman–Crippen MR) is 108 cm³/mol. The lowest BCUT2D eigenvalue weighted by molar-refractivity contribution is -0.0339. The molecule has 0 unspecified atom stereocenters. The highest BCUT2D eigenvalue weighted by atomic mass is 35.5. The molecule has 28 heavy (non-hydrogen) atoms. The minimum Gasteiger partial charge on any atom is -0.478 e. The van der Waals surface area contributed by atoms with Gasteiger partial charge in [-0.15, -0.1) is 0 Å². The van der Waals surface area contributed by atoms with E-state index >= 15 is 0 Å². The summed E-state index contributed by atoms with van der Waals surface area (Å²) in [6.45, 7) is 5.81. The monoisotopic (exact) mass is 399 g/mol. The van der Waals surface area contributed by atoms with Crippen molar-refractivity contribution in [3.63, 3.8) is 0 Å². The van der Waals surface area contributed by atoms with Gasteiger partial charge in [0.1, 0.15) is 5.82 Å². The van der Waals surface area contributed by atoms with Crippen molar-refractivity contribution in [2.24, 2.45) is 0 Å². The van der Waals surface area contributed by atoms with Gasteiger partial charge >= 0.3 is 5.97 Å². The molecule has 2 heterocycles. The summed E-state index contributed by atoms with van der Waals surface area (Å²) in [5.74, 6) is 0.00489. The molecule has 0 bridgehead atoms. The number of aromatic nitrogens is 2. The van der Waals surface area contributed by atoms with Crippen LogP contribution in [0.25, 0.3) is 11.0 Å². The van der Waals surface area contributed by atoms with Crippen LogP contribution in [0.15, 0.2) is 42.5 Å². The number of rotatable bonds is 5. The molecule has 7 heteroatoms. The van der Waals surface area contributed by atoms with Crippen LogP contribution in [0.3, 0.4) is 0 Å². The van der Waals surface area contributed by atoms with Gasteiger partial charge in [0, 0.05) is 24.7 Å². The van der Waals surface area contributed by atoms with E-state index in [1.54, 1.807) is 12.1 Å². The Morgan fingerprint density at radius 2 is 2.07 bits per heavy atom. The molecule has 1 aliphatic rings. The number of fused-ring (bicyclic) bond motifs is 1. The molecule has 2 aromatic carbocycles. The summed E-state index contributed by atoms with van der Waals surface area (Å²) >= 11 is 5.99. The zero-order chi connectivity index (χ0) is 19.7. The summed E-state index contributed by atoms with van der Waals surface area (Å²) in [5.41, 5.74) is 3.06. The fraction of sp³-hybridized carbons (Fsp3) is 0.333. The minimum absolute atomic E-state index is 0.00378. The highest BCUT2D eigenvalue weighted by Gasteiger charge is 2.24. The van der Waals surface area contributed by atoms with Crippen LogP contribution in [0, 0.1) is 0 Å². The lowest BCUT2D eigenvalue weighted by Crippen LogP contribution is -2.38. The first kappa shape index (κ1) is 18.9. The van der Waals surface area contributed by atoms with E-state index in [1.807, 2.05) is 30.3 Å². The van der Waals surface area contributed by atoms with E-state index in [9.17, 15) is 9.90 Å². The third-order valence-electron chi connectivity index (χ3n) is 5.15. The van der Waals surface area contributed by atoms with Gasteiger partial charge in [-0.1, -0.05) is 23.7 Å². The Bertz CT molecular complexity index is 1000. The average Bonchev–Trinajstić information content (AvgIpc) is 3.04. The summed E-state index contributed by atoms with van der Waals surface area (Å²) in [4.78, 5) is 18.3. The number of benzene rings is 2. The van der Waals surface area contributed by atoms with Gasteiger partial charge in [0.15, 0.2) is 0 Å². The first-order chi connectivity index (χ1) is 13.5. The number of hydrogen-bond acceptors (Lipinski definition) is 4. The quantitative estimate of drug-likeness (QED) is 0.702. The van der Waals surface area contributed by atoms with Gasteiger partial charge in [-0.25, -0.2) is 9.78 Å². The second kappa shape index (κ2) is 7.91. The van der Waals surface area contributed by atoms with Crippen molar-refractivity contribution in [3.8, 4) is 0 Å². The van der Waals surface area contributed by atoms with E-state index in [1.165, 1.54) is 0 Å². The van der Waals surface area contributed by atoms with E-state index in [-0.39, 0.29) is 11.7 Å². The third-order valence-corrected chi connectivity index (χ3v) is 5.40. The fourth-order valence-electron chi connectivity index (χ4n) is 3.71. The van der Waals surface area contributed by atoms with Crippen molar-refractivity contribution in [1.29, 1.82) is 0 Å². The number of hydrogen-bond donors (Lipinski definition) is 1. The summed E-state index contributed by atoms with van der Waals surface area (Å²) in [6.07, 6.45) is 0.00378. The van der Waals surface area contributed by atoms with Crippen LogP contribution in [0.1, 0.15) is 34.8 Å². The van der Waals surface area contributed by atoms with Crippen LogP contribution >= 0.6 is 11.6 Å². The molecule has 1 saturated heterocycles. The maximum Gasteiger partial charge on any atom is 0.335 e. The number of aryl methyl sites for hydroxylation is 1. The molecular formula is C21H22ClN3O3. The highest BCUT2D eigenvalue weighted by Crippen LogP contribution is 2.25. The van der Waals surface area contributed by atoms with Crippen LogP contribution < -0.4 is 0 Å². The molecule has 1 atom stereocenters. The van der Waals surface area contributed by atoms with E-state index in [0.717, 1.165) is 42.1 Å². The molecule has 4 rings (SSSR count). The molecule has 6 nitrogen and oxygen atoms in total. The number of imidazole rings is 1. The number of morpholine rings is 1. The summed E-state index contributed by atoms with van der Waals surface area (Å²) < 4.78 is 8.10. The average molecular weight is 400 g/mol. The smallest absolute Gasteiger partial charge is 0.335 e. The normalized spacial score (nSPS) is 17.9. The molecule has 1 fully saturated rings. The Hall–Kier alpha value is -2.41. The predicted octanol–water partition coefficient (Wildman–Crippen LogP) is 3.98. The molecule has 0 aliphatic carbocycles. The second-order valence-electron chi connectivity index (χ2n) is 6.93. The molecule has 3 aromatic rings. The van der Waals surface area contributed by atoms with E-state index in [4.69, 9.17) is 21.3 Å². The SMILES string of the molecule is CCn1c(CN2CCO[C@H](c3ccc(Cl)cc3)C2)nc2cc(C(=O)O)ccc21. The molecule has 1 aliphatic heterocycles. The first-order valence-electron chi connectivity index (χ1n) is 9.37. The van der Waals surface area contributed by atoms with Gasteiger partial charge in [0.25, 0.3) is 0 Å². The zero-order valence-electron chi connectivity index (χ0n) is 15.6.